The highest BCUT2D eigenvalue weighted by Crippen LogP contribution is 2.26. The fourth-order valence-corrected chi connectivity index (χ4v) is 1.16. The quantitative estimate of drug-likeness (QED) is 0.592. The predicted octanol–water partition coefficient (Wildman–Crippen LogP) is 3.74. The van der Waals surface area contributed by atoms with Gasteiger partial charge < -0.3 is 0 Å². The summed E-state index contributed by atoms with van der Waals surface area (Å²) in [6.07, 6.45) is 0. The fourth-order valence-electron chi connectivity index (χ4n) is 0.987. The van der Waals surface area contributed by atoms with Gasteiger partial charge in [0.05, 0.1) is 0 Å². The molecule has 0 amide bonds. The maximum Gasteiger partial charge on any atom is 0.148 e. The van der Waals surface area contributed by atoms with Crippen LogP contribution in [0.1, 0.15) is 25.3 Å². The molecule has 0 aromatic heterocycles. The van der Waals surface area contributed by atoms with Gasteiger partial charge in [0.25, 0.3) is 0 Å². The second-order valence-electron chi connectivity index (χ2n) is 2.92. The van der Waals surface area contributed by atoms with Crippen molar-refractivity contribution in [3.05, 3.63) is 34.4 Å². The van der Waals surface area contributed by atoms with E-state index in [1.54, 1.807) is 0 Å². The summed E-state index contributed by atoms with van der Waals surface area (Å²) in [7, 11) is 0. The van der Waals surface area contributed by atoms with E-state index in [0.717, 1.165) is 0 Å². The summed E-state index contributed by atoms with van der Waals surface area (Å²) >= 11 is 5.38. The molecule has 12 heavy (non-hydrogen) atoms. The predicted molar refractivity (Wildman–Crippen MR) is 45.5 cm³/mol. The first kappa shape index (κ1) is 9.46. The summed E-state index contributed by atoms with van der Waals surface area (Å²) in [6, 6.07) is 2.60. The lowest BCUT2D eigenvalue weighted by Gasteiger charge is -2.07. The van der Waals surface area contributed by atoms with Gasteiger partial charge >= 0.3 is 0 Å². The third-order valence-corrected chi connectivity index (χ3v) is 2.03. The van der Waals surface area contributed by atoms with E-state index in [2.05, 4.69) is 0 Å². The molecule has 0 aliphatic rings. The first-order chi connectivity index (χ1) is 5.54. The average molecular weight is 191 g/mol. The minimum atomic E-state index is -0.710. The van der Waals surface area contributed by atoms with Crippen LogP contribution in [0.3, 0.4) is 0 Å². The molecule has 0 unspecified atom stereocenters. The molecule has 0 atom stereocenters. The molecular formula is C9H9ClF2. The Hall–Kier alpha value is -0.630. The van der Waals surface area contributed by atoms with Crippen LogP contribution in [0, 0.1) is 11.6 Å². The van der Waals surface area contributed by atoms with E-state index in [9.17, 15) is 8.78 Å². The topological polar surface area (TPSA) is 0 Å². The highest BCUT2D eigenvalue weighted by atomic mass is 35.5. The Morgan fingerprint density at radius 3 is 2.33 bits per heavy atom. The zero-order valence-electron chi connectivity index (χ0n) is 6.87. The molecule has 1 rings (SSSR count). The highest BCUT2D eigenvalue weighted by molar-refractivity contribution is 6.30. The smallest absolute Gasteiger partial charge is 0.148 e. The van der Waals surface area contributed by atoms with Gasteiger partial charge in [-0.15, -0.1) is 0 Å². The zero-order valence-corrected chi connectivity index (χ0v) is 7.62. The van der Waals surface area contributed by atoms with E-state index in [0.29, 0.717) is 5.56 Å². The molecule has 0 heterocycles. The van der Waals surface area contributed by atoms with E-state index in [-0.39, 0.29) is 5.92 Å². The van der Waals surface area contributed by atoms with E-state index >= 15 is 0 Å². The highest BCUT2D eigenvalue weighted by Gasteiger charge is 2.13. The van der Waals surface area contributed by atoms with Gasteiger partial charge in [-0.05, 0) is 17.5 Å². The van der Waals surface area contributed by atoms with Crippen LogP contribution in [-0.4, -0.2) is 0 Å². The minimum Gasteiger partial charge on any atom is -0.205 e. The average Bonchev–Trinajstić information content (AvgIpc) is 2.00. The molecule has 0 nitrogen and oxygen atoms in total. The largest absolute Gasteiger partial charge is 0.205 e. The summed E-state index contributed by atoms with van der Waals surface area (Å²) in [6.45, 7) is 3.65. The summed E-state index contributed by atoms with van der Waals surface area (Å²) < 4.78 is 25.8. The monoisotopic (exact) mass is 190 g/mol. The molecule has 66 valence electrons. The van der Waals surface area contributed by atoms with Crippen molar-refractivity contribution in [1.82, 2.24) is 0 Å². The normalized spacial score (nSPS) is 10.8. The number of rotatable bonds is 1. The molecule has 0 radical (unpaired) electrons. The molecule has 0 fully saturated rings. The molecule has 0 aliphatic carbocycles. The van der Waals surface area contributed by atoms with Crippen LogP contribution in [0.4, 0.5) is 8.78 Å². The van der Waals surface area contributed by atoms with E-state index in [1.165, 1.54) is 12.1 Å². The third-order valence-electron chi connectivity index (χ3n) is 1.69. The lowest BCUT2D eigenvalue weighted by molar-refractivity contribution is 0.566. The SMILES string of the molecule is CC(C)c1ccc(F)c(Cl)c1F. The van der Waals surface area contributed by atoms with Crippen LogP contribution in [0.5, 0.6) is 0 Å². The van der Waals surface area contributed by atoms with Crippen molar-refractivity contribution in [3.8, 4) is 0 Å². The molecule has 0 bridgehead atoms. The summed E-state index contributed by atoms with van der Waals surface area (Å²) in [5, 5.41) is -0.416. The zero-order chi connectivity index (χ0) is 9.30. The number of benzene rings is 1. The van der Waals surface area contributed by atoms with Crippen molar-refractivity contribution in [2.45, 2.75) is 19.8 Å². The molecule has 3 heteroatoms. The number of hydrogen-bond donors (Lipinski definition) is 0. The third kappa shape index (κ3) is 1.58. The van der Waals surface area contributed by atoms with Crippen LogP contribution in [0.2, 0.25) is 5.02 Å². The van der Waals surface area contributed by atoms with Gasteiger partial charge in [0.15, 0.2) is 0 Å². The van der Waals surface area contributed by atoms with Crippen LogP contribution < -0.4 is 0 Å². The Morgan fingerprint density at radius 2 is 1.83 bits per heavy atom. The van der Waals surface area contributed by atoms with Crippen molar-refractivity contribution in [1.29, 1.82) is 0 Å². The Labute approximate surface area is 75.2 Å². The molecule has 1 aromatic rings. The van der Waals surface area contributed by atoms with Gasteiger partial charge in [-0.2, -0.15) is 0 Å². The maximum absolute atomic E-state index is 13.1. The Kier molecular flexibility index (Phi) is 2.68. The Bertz CT molecular complexity index is 295. The van der Waals surface area contributed by atoms with E-state index in [4.69, 9.17) is 11.6 Å². The second-order valence-corrected chi connectivity index (χ2v) is 3.30. The number of hydrogen-bond acceptors (Lipinski definition) is 0. The van der Waals surface area contributed by atoms with Crippen LogP contribution in [0.15, 0.2) is 12.1 Å². The van der Waals surface area contributed by atoms with Crippen molar-refractivity contribution < 1.29 is 8.78 Å². The van der Waals surface area contributed by atoms with Gasteiger partial charge in [0.1, 0.15) is 16.7 Å². The molecule has 0 N–H and O–H groups in total. The molecule has 0 spiro atoms. The van der Waals surface area contributed by atoms with Crippen molar-refractivity contribution in [2.75, 3.05) is 0 Å². The van der Waals surface area contributed by atoms with E-state index in [1.807, 2.05) is 13.8 Å². The number of halogens is 3. The Balaban J connectivity index is 3.27. The van der Waals surface area contributed by atoms with E-state index < -0.39 is 16.7 Å². The van der Waals surface area contributed by atoms with Gasteiger partial charge in [-0.1, -0.05) is 31.5 Å². The Morgan fingerprint density at radius 1 is 1.25 bits per heavy atom. The first-order valence-corrected chi connectivity index (χ1v) is 4.05. The molecule has 0 saturated carbocycles. The second kappa shape index (κ2) is 3.40. The molecule has 0 aliphatic heterocycles. The van der Waals surface area contributed by atoms with Crippen LogP contribution >= 0.6 is 11.6 Å². The summed E-state index contributed by atoms with van der Waals surface area (Å²) in [5.41, 5.74) is 0.446. The van der Waals surface area contributed by atoms with Crippen molar-refractivity contribution in [2.24, 2.45) is 0 Å². The minimum absolute atomic E-state index is 0.0168. The molecule has 0 saturated heterocycles. The van der Waals surface area contributed by atoms with Gasteiger partial charge in [0.2, 0.25) is 0 Å². The molecule has 1 aromatic carbocycles. The lowest BCUT2D eigenvalue weighted by atomic mass is 10.0. The maximum atomic E-state index is 13.1. The fraction of sp³-hybridized carbons (Fsp3) is 0.333. The van der Waals surface area contributed by atoms with Crippen molar-refractivity contribution >= 4 is 11.6 Å². The van der Waals surface area contributed by atoms with Gasteiger partial charge in [-0.3, -0.25) is 0 Å². The van der Waals surface area contributed by atoms with Crippen LogP contribution in [-0.2, 0) is 0 Å². The summed E-state index contributed by atoms with van der Waals surface area (Å²) in [5.74, 6) is -1.34. The van der Waals surface area contributed by atoms with Crippen LogP contribution in [0.25, 0.3) is 0 Å². The first-order valence-electron chi connectivity index (χ1n) is 3.67. The van der Waals surface area contributed by atoms with Crippen molar-refractivity contribution in [3.63, 3.8) is 0 Å². The summed E-state index contributed by atoms with van der Waals surface area (Å²) in [4.78, 5) is 0. The molecular weight excluding hydrogens is 182 g/mol. The lowest BCUT2D eigenvalue weighted by Crippen LogP contribution is -1.95. The van der Waals surface area contributed by atoms with Gasteiger partial charge in [-0.25, -0.2) is 8.78 Å². The standard InChI is InChI=1S/C9H9ClF2/c1-5(2)6-3-4-7(11)8(10)9(6)12/h3-5H,1-2H3. The van der Waals surface area contributed by atoms with Gasteiger partial charge in [0, 0.05) is 0 Å².